The molecule has 1 heterocycles. The summed E-state index contributed by atoms with van der Waals surface area (Å²) in [6.45, 7) is 3.51. The molecular formula is C17H21NO4S. The van der Waals surface area contributed by atoms with Gasteiger partial charge in [0.15, 0.2) is 0 Å². The van der Waals surface area contributed by atoms with E-state index in [4.69, 9.17) is 4.42 Å². The first-order chi connectivity index (χ1) is 10.8. The number of nitrogens with one attached hydrogen (secondary N) is 1. The van der Waals surface area contributed by atoms with Crippen molar-refractivity contribution in [1.82, 2.24) is 4.72 Å². The molecule has 124 valence electrons. The van der Waals surface area contributed by atoms with Crippen molar-refractivity contribution >= 4 is 10.0 Å². The number of aliphatic hydroxyl groups is 1. The lowest BCUT2D eigenvalue weighted by atomic mass is 9.95. The average Bonchev–Trinajstić information content (AvgIpc) is 3.22. The van der Waals surface area contributed by atoms with Crippen molar-refractivity contribution in [2.45, 2.75) is 37.2 Å². The topological polar surface area (TPSA) is 79.5 Å². The van der Waals surface area contributed by atoms with Gasteiger partial charge >= 0.3 is 0 Å². The highest BCUT2D eigenvalue weighted by molar-refractivity contribution is 7.89. The molecule has 0 bridgehead atoms. The van der Waals surface area contributed by atoms with Crippen molar-refractivity contribution in [3.63, 3.8) is 0 Å². The number of furan rings is 1. The molecule has 0 saturated heterocycles. The highest BCUT2D eigenvalue weighted by atomic mass is 32.2. The van der Waals surface area contributed by atoms with Crippen molar-refractivity contribution in [1.29, 1.82) is 0 Å². The second kappa shape index (κ2) is 5.78. The first-order valence-electron chi connectivity index (χ1n) is 7.66. The van der Waals surface area contributed by atoms with E-state index < -0.39 is 15.6 Å². The van der Waals surface area contributed by atoms with Crippen molar-refractivity contribution in [2.75, 3.05) is 6.54 Å². The van der Waals surface area contributed by atoms with Gasteiger partial charge in [0.05, 0.1) is 11.2 Å². The zero-order chi connectivity index (χ0) is 16.7. The van der Waals surface area contributed by atoms with Crippen LogP contribution in [-0.2, 0) is 15.6 Å². The Kier molecular flexibility index (Phi) is 4.08. The maximum atomic E-state index is 12.6. The SMILES string of the molecule is Cc1ccc(C)c(S(=O)(=O)NCC(O)(c2ccco2)C2CC2)c1. The van der Waals surface area contributed by atoms with Crippen LogP contribution in [0.1, 0.15) is 29.7 Å². The summed E-state index contributed by atoms with van der Waals surface area (Å²) in [6.07, 6.45) is 3.21. The van der Waals surface area contributed by atoms with E-state index in [-0.39, 0.29) is 17.4 Å². The number of aryl methyl sites for hydroxylation is 2. The monoisotopic (exact) mass is 335 g/mol. The Bertz CT molecular complexity index is 794. The van der Waals surface area contributed by atoms with Gasteiger partial charge in [0.25, 0.3) is 0 Å². The Morgan fingerprint density at radius 2 is 2.04 bits per heavy atom. The standard InChI is InChI=1S/C17H21NO4S/c1-12-5-6-13(2)15(10-12)23(20,21)18-11-17(19,14-7-8-14)16-4-3-9-22-16/h3-6,9-10,14,18-19H,7-8,11H2,1-2H3. The van der Waals surface area contributed by atoms with E-state index in [0.29, 0.717) is 11.3 Å². The minimum atomic E-state index is -3.70. The van der Waals surface area contributed by atoms with E-state index in [0.717, 1.165) is 18.4 Å². The van der Waals surface area contributed by atoms with Crippen LogP contribution in [0.2, 0.25) is 0 Å². The zero-order valence-electron chi connectivity index (χ0n) is 13.2. The summed E-state index contributed by atoms with van der Waals surface area (Å²) in [4.78, 5) is 0.245. The van der Waals surface area contributed by atoms with Crippen LogP contribution in [0.5, 0.6) is 0 Å². The molecule has 1 aromatic carbocycles. The number of benzene rings is 1. The van der Waals surface area contributed by atoms with Crippen LogP contribution in [0.25, 0.3) is 0 Å². The van der Waals surface area contributed by atoms with Crippen molar-refractivity contribution in [3.05, 3.63) is 53.5 Å². The summed E-state index contributed by atoms with van der Waals surface area (Å²) in [7, 11) is -3.70. The van der Waals surface area contributed by atoms with E-state index in [2.05, 4.69) is 4.72 Å². The lowest BCUT2D eigenvalue weighted by molar-refractivity contribution is -0.00224. The quantitative estimate of drug-likeness (QED) is 0.850. The molecule has 5 nitrogen and oxygen atoms in total. The molecule has 2 aromatic rings. The maximum absolute atomic E-state index is 12.6. The molecule has 6 heteroatoms. The van der Waals surface area contributed by atoms with E-state index >= 15 is 0 Å². The predicted molar refractivity (Wildman–Crippen MR) is 86.4 cm³/mol. The van der Waals surface area contributed by atoms with Gasteiger partial charge in [-0.05, 0) is 61.9 Å². The molecule has 1 atom stereocenters. The first kappa shape index (κ1) is 16.2. The highest BCUT2D eigenvalue weighted by Gasteiger charge is 2.47. The fourth-order valence-electron chi connectivity index (χ4n) is 2.80. The molecule has 0 aliphatic heterocycles. The summed E-state index contributed by atoms with van der Waals surface area (Å²) in [6, 6.07) is 8.68. The second-order valence-corrected chi connectivity index (χ2v) is 8.00. The summed E-state index contributed by atoms with van der Waals surface area (Å²) in [5, 5.41) is 10.9. The normalized spacial score (nSPS) is 17.9. The summed E-state index contributed by atoms with van der Waals surface area (Å²) in [5.74, 6) is 0.429. The van der Waals surface area contributed by atoms with Crippen LogP contribution in [0, 0.1) is 19.8 Å². The molecule has 0 amide bonds. The molecule has 1 aliphatic carbocycles. The maximum Gasteiger partial charge on any atom is 0.240 e. The van der Waals surface area contributed by atoms with Gasteiger partial charge in [-0.15, -0.1) is 0 Å². The van der Waals surface area contributed by atoms with Crippen LogP contribution in [-0.4, -0.2) is 20.1 Å². The lowest BCUT2D eigenvalue weighted by Gasteiger charge is -2.26. The Hall–Kier alpha value is -1.63. The van der Waals surface area contributed by atoms with Crippen LogP contribution >= 0.6 is 0 Å². The van der Waals surface area contributed by atoms with Crippen LogP contribution in [0.4, 0.5) is 0 Å². The average molecular weight is 335 g/mol. The van der Waals surface area contributed by atoms with Crippen LogP contribution in [0.3, 0.4) is 0 Å². The molecule has 2 N–H and O–H groups in total. The molecule has 1 fully saturated rings. The minimum absolute atomic E-state index is 0.0231. The predicted octanol–water partition coefficient (Wildman–Crippen LogP) is 2.47. The zero-order valence-corrected chi connectivity index (χ0v) is 14.1. The Balaban J connectivity index is 1.85. The van der Waals surface area contributed by atoms with Crippen molar-refractivity contribution < 1.29 is 17.9 Å². The van der Waals surface area contributed by atoms with E-state index in [1.165, 1.54) is 6.26 Å². The molecule has 23 heavy (non-hydrogen) atoms. The molecule has 1 aromatic heterocycles. The third kappa shape index (κ3) is 3.20. The molecular weight excluding hydrogens is 314 g/mol. The Morgan fingerprint density at radius 1 is 1.30 bits per heavy atom. The Morgan fingerprint density at radius 3 is 2.65 bits per heavy atom. The van der Waals surface area contributed by atoms with Gasteiger partial charge in [-0.1, -0.05) is 12.1 Å². The molecule has 0 radical (unpaired) electrons. The van der Waals surface area contributed by atoms with Gasteiger partial charge in [0, 0.05) is 6.54 Å². The molecule has 1 unspecified atom stereocenters. The molecule has 1 aliphatic rings. The van der Waals surface area contributed by atoms with Gasteiger partial charge in [0.1, 0.15) is 11.4 Å². The summed E-state index contributed by atoms with van der Waals surface area (Å²) < 4.78 is 33.1. The van der Waals surface area contributed by atoms with E-state index in [1.54, 1.807) is 31.2 Å². The van der Waals surface area contributed by atoms with E-state index in [9.17, 15) is 13.5 Å². The first-order valence-corrected chi connectivity index (χ1v) is 9.14. The van der Waals surface area contributed by atoms with Gasteiger partial charge < -0.3 is 9.52 Å². The third-order valence-corrected chi connectivity index (χ3v) is 5.91. The van der Waals surface area contributed by atoms with Crippen LogP contribution in [0.15, 0.2) is 45.9 Å². The minimum Gasteiger partial charge on any atom is -0.466 e. The summed E-state index contributed by atoms with van der Waals surface area (Å²) >= 11 is 0. The number of sulfonamides is 1. The van der Waals surface area contributed by atoms with Gasteiger partial charge in [0.2, 0.25) is 10.0 Å². The van der Waals surface area contributed by atoms with E-state index in [1.807, 2.05) is 13.0 Å². The molecule has 0 spiro atoms. The second-order valence-electron chi connectivity index (χ2n) is 6.27. The third-order valence-electron chi connectivity index (χ3n) is 4.37. The van der Waals surface area contributed by atoms with Gasteiger partial charge in [-0.2, -0.15) is 0 Å². The van der Waals surface area contributed by atoms with Gasteiger partial charge in [-0.25, -0.2) is 13.1 Å². The fraction of sp³-hybridized carbons (Fsp3) is 0.412. The highest BCUT2D eigenvalue weighted by Crippen LogP contribution is 2.45. The van der Waals surface area contributed by atoms with Gasteiger partial charge in [-0.3, -0.25) is 0 Å². The van der Waals surface area contributed by atoms with Crippen molar-refractivity contribution in [2.24, 2.45) is 5.92 Å². The molecule has 1 saturated carbocycles. The number of rotatable bonds is 6. The summed E-state index contributed by atoms with van der Waals surface area (Å²) in [5.41, 5.74) is 0.254. The number of hydrogen-bond acceptors (Lipinski definition) is 4. The number of hydrogen-bond donors (Lipinski definition) is 2. The molecule has 3 rings (SSSR count). The van der Waals surface area contributed by atoms with Crippen molar-refractivity contribution in [3.8, 4) is 0 Å². The lowest BCUT2D eigenvalue weighted by Crippen LogP contribution is -2.42. The fourth-order valence-corrected chi connectivity index (χ4v) is 4.20. The largest absolute Gasteiger partial charge is 0.466 e. The van der Waals surface area contributed by atoms with Crippen LogP contribution < -0.4 is 4.72 Å². The smallest absolute Gasteiger partial charge is 0.240 e. The Labute approximate surface area is 136 Å².